The van der Waals surface area contributed by atoms with Crippen molar-refractivity contribution in [3.05, 3.63) is 60.2 Å². The lowest BCUT2D eigenvalue weighted by Crippen LogP contribution is -2.28. The molecule has 0 spiro atoms. The van der Waals surface area contributed by atoms with Crippen LogP contribution in [0.2, 0.25) is 0 Å². The molecule has 128 valence electrons. The van der Waals surface area contributed by atoms with Gasteiger partial charge in [0.25, 0.3) is 5.91 Å². The Morgan fingerprint density at radius 2 is 1.75 bits per heavy atom. The quantitative estimate of drug-likeness (QED) is 0.568. The van der Waals surface area contributed by atoms with E-state index >= 15 is 0 Å². The van der Waals surface area contributed by atoms with Crippen LogP contribution in [0.25, 0.3) is 0 Å². The lowest BCUT2D eigenvalue weighted by Gasteiger charge is -2.19. The summed E-state index contributed by atoms with van der Waals surface area (Å²) < 4.78 is 0. The van der Waals surface area contributed by atoms with E-state index < -0.39 is 0 Å². The number of hydrogen-bond acceptors (Lipinski definition) is 3. The highest BCUT2D eigenvalue weighted by Crippen LogP contribution is 2.26. The van der Waals surface area contributed by atoms with Crippen LogP contribution < -0.4 is 10.2 Å². The second-order valence-electron chi connectivity index (χ2n) is 6.03. The van der Waals surface area contributed by atoms with Crippen molar-refractivity contribution in [1.82, 2.24) is 5.32 Å². The van der Waals surface area contributed by atoms with Gasteiger partial charge in [0, 0.05) is 36.0 Å². The summed E-state index contributed by atoms with van der Waals surface area (Å²) in [6.45, 7) is 5.86. The van der Waals surface area contributed by atoms with Crippen molar-refractivity contribution in [3.63, 3.8) is 0 Å². The molecule has 2 aromatic carbocycles. The molecular weight excluding hydrogens is 316 g/mol. The van der Waals surface area contributed by atoms with E-state index in [4.69, 9.17) is 0 Å². The number of nitrogens with one attached hydrogen (secondary N) is 1. The van der Waals surface area contributed by atoms with Crippen molar-refractivity contribution in [2.45, 2.75) is 30.4 Å². The molecule has 0 radical (unpaired) electrons. The molecule has 0 aliphatic heterocycles. The molecule has 3 nitrogen and oxygen atoms in total. The van der Waals surface area contributed by atoms with E-state index in [0.29, 0.717) is 11.8 Å². The van der Waals surface area contributed by atoms with Crippen LogP contribution in [-0.2, 0) is 0 Å². The van der Waals surface area contributed by atoms with E-state index in [-0.39, 0.29) is 5.91 Å². The van der Waals surface area contributed by atoms with Crippen LogP contribution in [0.1, 0.15) is 30.6 Å². The maximum Gasteiger partial charge on any atom is 0.252 e. The van der Waals surface area contributed by atoms with Gasteiger partial charge in [-0.25, -0.2) is 0 Å². The normalized spacial score (nSPS) is 10.7. The van der Waals surface area contributed by atoms with Gasteiger partial charge in [0.05, 0.1) is 5.56 Å². The smallest absolute Gasteiger partial charge is 0.252 e. The number of rotatable bonds is 8. The number of hydrogen-bond donors (Lipinski definition) is 1. The molecule has 4 heteroatoms. The lowest BCUT2D eigenvalue weighted by molar-refractivity contribution is 0.0950. The Kier molecular flexibility index (Phi) is 7.19. The number of nitrogens with zero attached hydrogens (tertiary/aromatic N) is 1. The van der Waals surface area contributed by atoms with E-state index in [1.807, 2.05) is 42.5 Å². The maximum atomic E-state index is 12.4. The number of para-hydroxylation sites is 1. The van der Waals surface area contributed by atoms with Crippen LogP contribution in [0.5, 0.6) is 0 Å². The number of anilines is 1. The highest BCUT2D eigenvalue weighted by molar-refractivity contribution is 8.00. The molecule has 2 aromatic rings. The first-order valence-corrected chi connectivity index (χ1v) is 9.26. The maximum absolute atomic E-state index is 12.4. The monoisotopic (exact) mass is 342 g/mol. The number of carbonyl (C=O) groups is 1. The average molecular weight is 343 g/mol. The Morgan fingerprint density at radius 1 is 1.08 bits per heavy atom. The number of amides is 1. The minimum absolute atomic E-state index is 0.0149. The van der Waals surface area contributed by atoms with E-state index in [9.17, 15) is 4.79 Å². The van der Waals surface area contributed by atoms with Crippen molar-refractivity contribution < 1.29 is 4.79 Å². The Labute approximate surface area is 149 Å². The van der Waals surface area contributed by atoms with Gasteiger partial charge in [-0.2, -0.15) is 0 Å². The molecular formula is C20H26N2OS. The summed E-state index contributed by atoms with van der Waals surface area (Å²) in [4.78, 5) is 15.7. The Balaban J connectivity index is 1.81. The predicted molar refractivity (Wildman–Crippen MR) is 104 cm³/mol. The van der Waals surface area contributed by atoms with E-state index in [2.05, 4.69) is 43.2 Å². The van der Waals surface area contributed by atoms with Gasteiger partial charge in [-0.15, -0.1) is 11.8 Å². The first-order valence-electron chi connectivity index (χ1n) is 8.38. The van der Waals surface area contributed by atoms with Crippen LogP contribution in [0.4, 0.5) is 5.69 Å². The third-order valence-corrected chi connectivity index (χ3v) is 4.73. The molecule has 0 atom stereocenters. The molecule has 1 amide bonds. The zero-order valence-corrected chi connectivity index (χ0v) is 15.5. The van der Waals surface area contributed by atoms with Crippen LogP contribution in [0.3, 0.4) is 0 Å². The van der Waals surface area contributed by atoms with Gasteiger partial charge in [-0.1, -0.05) is 44.2 Å². The highest BCUT2D eigenvalue weighted by Gasteiger charge is 2.12. The summed E-state index contributed by atoms with van der Waals surface area (Å²) >= 11 is 1.73. The molecule has 0 heterocycles. The van der Waals surface area contributed by atoms with Crippen molar-refractivity contribution in [2.75, 3.05) is 25.0 Å². The van der Waals surface area contributed by atoms with Gasteiger partial charge in [0.1, 0.15) is 0 Å². The third-order valence-electron chi connectivity index (χ3n) is 3.65. The van der Waals surface area contributed by atoms with Gasteiger partial charge in [0.15, 0.2) is 0 Å². The summed E-state index contributed by atoms with van der Waals surface area (Å²) in [7, 11) is 2.08. The van der Waals surface area contributed by atoms with Crippen LogP contribution in [0.15, 0.2) is 59.5 Å². The zero-order valence-electron chi connectivity index (χ0n) is 14.7. The molecule has 0 aromatic heterocycles. The average Bonchev–Trinajstić information content (AvgIpc) is 2.59. The van der Waals surface area contributed by atoms with Crippen LogP contribution >= 0.6 is 11.8 Å². The molecule has 0 fully saturated rings. The fourth-order valence-corrected chi connectivity index (χ4v) is 3.39. The number of benzene rings is 2. The Bertz CT molecular complexity index is 643. The van der Waals surface area contributed by atoms with E-state index in [1.165, 1.54) is 5.69 Å². The van der Waals surface area contributed by atoms with Crippen LogP contribution in [-0.4, -0.2) is 31.3 Å². The number of carbonyl (C=O) groups excluding carboxylic acids is 1. The molecule has 0 aliphatic carbocycles. The molecule has 0 aliphatic rings. The summed E-state index contributed by atoms with van der Waals surface area (Å²) in [6, 6.07) is 18.1. The fourth-order valence-electron chi connectivity index (χ4n) is 2.44. The second kappa shape index (κ2) is 9.38. The Hall–Kier alpha value is -1.94. The van der Waals surface area contributed by atoms with Gasteiger partial charge in [-0.05, 0) is 30.7 Å². The lowest BCUT2D eigenvalue weighted by atomic mass is 10.2. The van der Waals surface area contributed by atoms with E-state index in [0.717, 1.165) is 23.4 Å². The standard InChI is InChI=1S/C20H26N2OS/c1-16(2)24-19-13-8-7-12-18(19)20(23)21-14-9-15-22(3)17-10-5-4-6-11-17/h4-8,10-13,16H,9,14-15H2,1-3H3,(H,21,23). The minimum Gasteiger partial charge on any atom is -0.375 e. The van der Waals surface area contributed by atoms with Gasteiger partial charge in [-0.3, -0.25) is 4.79 Å². The SMILES string of the molecule is CC(C)Sc1ccccc1C(=O)NCCCN(C)c1ccccc1. The summed E-state index contributed by atoms with van der Waals surface area (Å²) in [6.07, 6.45) is 0.913. The fraction of sp³-hybridized carbons (Fsp3) is 0.350. The molecule has 1 N–H and O–H groups in total. The second-order valence-corrected chi connectivity index (χ2v) is 7.65. The molecule has 0 saturated heterocycles. The van der Waals surface area contributed by atoms with Gasteiger partial charge < -0.3 is 10.2 Å². The Morgan fingerprint density at radius 3 is 2.46 bits per heavy atom. The summed E-state index contributed by atoms with van der Waals surface area (Å²) in [5.41, 5.74) is 1.97. The first kappa shape index (κ1) is 18.4. The van der Waals surface area contributed by atoms with Gasteiger partial charge >= 0.3 is 0 Å². The van der Waals surface area contributed by atoms with Crippen molar-refractivity contribution in [3.8, 4) is 0 Å². The molecule has 0 saturated carbocycles. The molecule has 2 rings (SSSR count). The largest absolute Gasteiger partial charge is 0.375 e. The molecule has 0 bridgehead atoms. The molecule has 24 heavy (non-hydrogen) atoms. The topological polar surface area (TPSA) is 32.3 Å². The zero-order chi connectivity index (χ0) is 17.4. The minimum atomic E-state index is 0.0149. The summed E-state index contributed by atoms with van der Waals surface area (Å²) in [5, 5.41) is 3.50. The van der Waals surface area contributed by atoms with Crippen molar-refractivity contribution in [1.29, 1.82) is 0 Å². The highest BCUT2D eigenvalue weighted by atomic mass is 32.2. The first-order chi connectivity index (χ1) is 11.6. The van der Waals surface area contributed by atoms with E-state index in [1.54, 1.807) is 11.8 Å². The summed E-state index contributed by atoms with van der Waals surface area (Å²) in [5.74, 6) is 0.0149. The predicted octanol–water partition coefficient (Wildman–Crippen LogP) is 4.44. The van der Waals surface area contributed by atoms with Gasteiger partial charge in [0.2, 0.25) is 0 Å². The van der Waals surface area contributed by atoms with Crippen molar-refractivity contribution >= 4 is 23.4 Å². The van der Waals surface area contributed by atoms with Crippen molar-refractivity contribution in [2.24, 2.45) is 0 Å². The van der Waals surface area contributed by atoms with Crippen LogP contribution in [0, 0.1) is 0 Å². The molecule has 0 unspecified atom stereocenters. The number of thioether (sulfide) groups is 1. The third kappa shape index (κ3) is 5.60.